The van der Waals surface area contributed by atoms with E-state index in [9.17, 15) is 9.59 Å². The molecule has 9 heteroatoms. The molecule has 8 nitrogen and oxygen atoms in total. The van der Waals surface area contributed by atoms with Crippen molar-refractivity contribution < 1.29 is 19.1 Å². The SMILES string of the molecule is COC(=O)c1sc(N)c(C(=O)OC)c1CN1CCN(Cc2ccccn2)CC1. The Morgan fingerprint density at radius 1 is 1.07 bits per heavy atom. The number of pyridine rings is 1. The highest BCUT2D eigenvalue weighted by Crippen LogP contribution is 2.33. The van der Waals surface area contributed by atoms with Gasteiger partial charge in [0, 0.05) is 51.0 Å². The Hall–Kier alpha value is -2.49. The molecule has 2 N–H and O–H groups in total. The molecule has 0 saturated carbocycles. The normalized spacial score (nSPS) is 15.4. The third-order valence-electron chi connectivity index (χ3n) is 4.75. The molecule has 0 spiro atoms. The van der Waals surface area contributed by atoms with E-state index in [2.05, 4.69) is 14.8 Å². The van der Waals surface area contributed by atoms with Gasteiger partial charge >= 0.3 is 11.9 Å². The molecule has 1 aliphatic heterocycles. The van der Waals surface area contributed by atoms with E-state index in [0.717, 1.165) is 49.8 Å². The Kier molecular flexibility index (Phi) is 6.61. The molecule has 3 rings (SSSR count). The Bertz CT molecular complexity index is 832. The number of hydrogen-bond acceptors (Lipinski definition) is 9. The lowest BCUT2D eigenvalue weighted by Crippen LogP contribution is -2.45. The van der Waals surface area contributed by atoms with Crippen LogP contribution in [-0.2, 0) is 22.6 Å². The van der Waals surface area contributed by atoms with Gasteiger partial charge in [0.1, 0.15) is 9.88 Å². The highest BCUT2D eigenvalue weighted by atomic mass is 32.1. The minimum atomic E-state index is -0.535. The summed E-state index contributed by atoms with van der Waals surface area (Å²) in [5.41, 5.74) is 7.89. The van der Waals surface area contributed by atoms with Crippen molar-refractivity contribution in [2.45, 2.75) is 13.1 Å². The monoisotopic (exact) mass is 404 g/mol. The minimum Gasteiger partial charge on any atom is -0.465 e. The smallest absolute Gasteiger partial charge is 0.348 e. The molecule has 0 atom stereocenters. The number of piperazine rings is 1. The van der Waals surface area contributed by atoms with Gasteiger partial charge in [0.2, 0.25) is 0 Å². The summed E-state index contributed by atoms with van der Waals surface area (Å²) in [4.78, 5) is 33.6. The lowest BCUT2D eigenvalue weighted by molar-refractivity contribution is 0.0597. The summed E-state index contributed by atoms with van der Waals surface area (Å²) < 4.78 is 9.72. The number of nitrogen functional groups attached to an aromatic ring is 1. The molecule has 150 valence electrons. The molecular formula is C19H24N4O4S. The fourth-order valence-corrected chi connectivity index (χ4v) is 4.25. The molecule has 0 aliphatic carbocycles. The van der Waals surface area contributed by atoms with Crippen molar-refractivity contribution in [2.24, 2.45) is 0 Å². The van der Waals surface area contributed by atoms with Gasteiger partial charge in [-0.1, -0.05) is 6.07 Å². The number of anilines is 1. The zero-order valence-corrected chi connectivity index (χ0v) is 16.8. The topological polar surface area (TPSA) is 98.0 Å². The van der Waals surface area contributed by atoms with Crippen molar-refractivity contribution in [1.29, 1.82) is 0 Å². The van der Waals surface area contributed by atoms with E-state index in [1.807, 2.05) is 18.2 Å². The number of ether oxygens (including phenoxy) is 2. The number of aromatic nitrogens is 1. The summed E-state index contributed by atoms with van der Waals surface area (Å²) in [5.74, 6) is -1.02. The molecular weight excluding hydrogens is 380 g/mol. The second-order valence-electron chi connectivity index (χ2n) is 6.51. The van der Waals surface area contributed by atoms with Gasteiger partial charge in [-0.15, -0.1) is 11.3 Å². The summed E-state index contributed by atoms with van der Waals surface area (Å²) in [6, 6.07) is 5.92. The first kappa shape index (κ1) is 20.2. The quantitative estimate of drug-likeness (QED) is 0.726. The highest BCUT2D eigenvalue weighted by Gasteiger charge is 2.29. The zero-order chi connectivity index (χ0) is 20.1. The first-order valence-corrected chi connectivity index (χ1v) is 9.77. The first-order valence-electron chi connectivity index (χ1n) is 8.95. The summed E-state index contributed by atoms with van der Waals surface area (Å²) in [6.45, 7) is 4.61. The van der Waals surface area contributed by atoms with Crippen LogP contribution in [0.4, 0.5) is 5.00 Å². The van der Waals surface area contributed by atoms with Crippen LogP contribution in [0.1, 0.15) is 31.3 Å². The number of carbonyl (C=O) groups excluding carboxylic acids is 2. The molecule has 28 heavy (non-hydrogen) atoms. The van der Waals surface area contributed by atoms with Gasteiger partial charge in [0.05, 0.1) is 25.5 Å². The van der Waals surface area contributed by atoms with Crippen LogP contribution in [0.25, 0.3) is 0 Å². The van der Waals surface area contributed by atoms with Gasteiger partial charge in [-0.05, 0) is 12.1 Å². The third-order valence-corrected chi connectivity index (χ3v) is 5.79. The highest BCUT2D eigenvalue weighted by molar-refractivity contribution is 7.18. The van der Waals surface area contributed by atoms with Crippen LogP contribution in [0.3, 0.4) is 0 Å². The standard InChI is InChI=1S/C19H24N4O4S/c1-26-18(24)15-14(16(19(25)27-2)28-17(15)20)12-23-9-7-22(8-10-23)11-13-5-3-4-6-21-13/h3-6H,7-12,20H2,1-2H3. The fourth-order valence-electron chi connectivity index (χ4n) is 3.27. The van der Waals surface area contributed by atoms with Crippen LogP contribution < -0.4 is 5.73 Å². The molecule has 2 aromatic rings. The maximum absolute atomic E-state index is 12.2. The van der Waals surface area contributed by atoms with E-state index in [-0.39, 0.29) is 10.6 Å². The van der Waals surface area contributed by atoms with Crippen molar-refractivity contribution in [3.8, 4) is 0 Å². The van der Waals surface area contributed by atoms with E-state index in [1.165, 1.54) is 14.2 Å². The minimum absolute atomic E-state index is 0.267. The maximum Gasteiger partial charge on any atom is 0.348 e. The Morgan fingerprint density at radius 2 is 1.71 bits per heavy atom. The maximum atomic E-state index is 12.2. The molecule has 1 aliphatic rings. The van der Waals surface area contributed by atoms with Crippen LogP contribution in [0.5, 0.6) is 0 Å². The number of thiophene rings is 1. The molecule has 0 amide bonds. The van der Waals surface area contributed by atoms with Crippen molar-refractivity contribution in [3.05, 3.63) is 46.1 Å². The van der Waals surface area contributed by atoms with Gasteiger partial charge in [0.25, 0.3) is 0 Å². The van der Waals surface area contributed by atoms with Crippen LogP contribution in [0, 0.1) is 0 Å². The number of nitrogens with zero attached hydrogens (tertiary/aromatic N) is 3. The van der Waals surface area contributed by atoms with Gasteiger partial charge in [-0.3, -0.25) is 14.8 Å². The van der Waals surface area contributed by atoms with E-state index < -0.39 is 11.9 Å². The van der Waals surface area contributed by atoms with Crippen LogP contribution in [0.2, 0.25) is 0 Å². The first-order chi connectivity index (χ1) is 13.5. The lowest BCUT2D eigenvalue weighted by atomic mass is 10.1. The molecule has 1 fully saturated rings. The number of esters is 2. The van der Waals surface area contributed by atoms with Gasteiger partial charge in [-0.25, -0.2) is 9.59 Å². The number of nitrogens with two attached hydrogens (primary N) is 1. The predicted molar refractivity (Wildman–Crippen MR) is 106 cm³/mol. The number of rotatable bonds is 6. The fraction of sp³-hybridized carbons (Fsp3) is 0.421. The Balaban J connectivity index is 1.70. The molecule has 3 heterocycles. The van der Waals surface area contributed by atoms with Gasteiger partial charge in [0.15, 0.2) is 0 Å². The molecule has 0 radical (unpaired) electrons. The average molecular weight is 404 g/mol. The molecule has 2 aromatic heterocycles. The van der Waals surface area contributed by atoms with E-state index in [4.69, 9.17) is 15.2 Å². The summed E-state index contributed by atoms with van der Waals surface area (Å²) in [5, 5.41) is 0.274. The number of hydrogen-bond donors (Lipinski definition) is 1. The van der Waals surface area contributed by atoms with Crippen LogP contribution in [-0.4, -0.2) is 67.1 Å². The van der Waals surface area contributed by atoms with Gasteiger partial charge in [-0.2, -0.15) is 0 Å². The van der Waals surface area contributed by atoms with Crippen molar-refractivity contribution in [3.63, 3.8) is 0 Å². The van der Waals surface area contributed by atoms with E-state index >= 15 is 0 Å². The van der Waals surface area contributed by atoms with Crippen LogP contribution >= 0.6 is 11.3 Å². The summed E-state index contributed by atoms with van der Waals surface area (Å²) >= 11 is 1.07. The largest absolute Gasteiger partial charge is 0.465 e. The van der Waals surface area contributed by atoms with Crippen LogP contribution in [0.15, 0.2) is 24.4 Å². The Morgan fingerprint density at radius 3 is 2.29 bits per heavy atom. The third kappa shape index (κ3) is 4.49. The average Bonchev–Trinajstić information content (AvgIpc) is 3.05. The van der Waals surface area contributed by atoms with Gasteiger partial charge < -0.3 is 15.2 Å². The van der Waals surface area contributed by atoms with Crippen molar-refractivity contribution >= 4 is 28.3 Å². The summed E-state index contributed by atoms with van der Waals surface area (Å²) in [6.07, 6.45) is 1.80. The molecule has 1 saturated heterocycles. The van der Waals surface area contributed by atoms with Crippen molar-refractivity contribution in [2.75, 3.05) is 46.1 Å². The van der Waals surface area contributed by atoms with E-state index in [1.54, 1.807) is 6.20 Å². The number of carbonyl (C=O) groups is 2. The summed E-state index contributed by atoms with van der Waals surface area (Å²) in [7, 11) is 2.62. The molecule has 0 unspecified atom stereocenters. The molecule has 0 bridgehead atoms. The number of methoxy groups -OCH3 is 2. The molecule has 0 aromatic carbocycles. The second kappa shape index (κ2) is 9.13. The predicted octanol–water partition coefficient (Wildman–Crippen LogP) is 1.62. The van der Waals surface area contributed by atoms with E-state index in [0.29, 0.717) is 17.0 Å². The van der Waals surface area contributed by atoms with Crippen molar-refractivity contribution in [1.82, 2.24) is 14.8 Å². The zero-order valence-electron chi connectivity index (χ0n) is 16.0. The lowest BCUT2D eigenvalue weighted by Gasteiger charge is -2.34. The Labute approximate surface area is 167 Å². The second-order valence-corrected chi connectivity index (χ2v) is 7.56.